The van der Waals surface area contributed by atoms with Crippen molar-refractivity contribution in [3.8, 4) is 28.3 Å². The normalized spacial score (nSPS) is 10.4. The van der Waals surface area contributed by atoms with Gasteiger partial charge in [-0.1, -0.05) is 24.3 Å². The van der Waals surface area contributed by atoms with Crippen molar-refractivity contribution in [1.29, 1.82) is 0 Å². The molecule has 0 aliphatic heterocycles. The summed E-state index contributed by atoms with van der Waals surface area (Å²) in [6.07, 6.45) is 1.82. The zero-order valence-corrected chi connectivity index (χ0v) is 12.6. The Morgan fingerprint density at radius 1 is 1.10 bits per heavy atom. The molecule has 0 saturated carbocycles. The fourth-order valence-corrected chi connectivity index (χ4v) is 2.80. The second-order valence-corrected chi connectivity index (χ2v) is 5.28. The molecule has 4 nitrogen and oxygen atoms in total. The lowest BCUT2D eigenvalue weighted by atomic mass is 9.99. The molecule has 2 aromatic heterocycles. The lowest BCUT2D eigenvalue weighted by Crippen LogP contribution is -1.90. The van der Waals surface area contributed by atoms with Gasteiger partial charge in [0.1, 0.15) is 0 Å². The molecule has 0 aliphatic rings. The summed E-state index contributed by atoms with van der Waals surface area (Å²) in [5.41, 5.74) is 4.23. The van der Waals surface area contributed by atoms with Crippen molar-refractivity contribution in [3.63, 3.8) is 0 Å². The van der Waals surface area contributed by atoms with Gasteiger partial charge in [0.15, 0.2) is 5.13 Å². The maximum atomic E-state index is 5.11. The van der Waals surface area contributed by atoms with Crippen molar-refractivity contribution in [2.45, 2.75) is 0 Å². The predicted molar refractivity (Wildman–Crippen MR) is 86.9 cm³/mol. The van der Waals surface area contributed by atoms with Crippen molar-refractivity contribution >= 4 is 16.5 Å². The van der Waals surface area contributed by atoms with E-state index in [4.69, 9.17) is 4.74 Å². The van der Waals surface area contributed by atoms with Crippen molar-refractivity contribution in [3.05, 3.63) is 48.0 Å². The number of pyridine rings is 1. The van der Waals surface area contributed by atoms with E-state index in [1.54, 1.807) is 18.4 Å². The molecule has 0 fully saturated rings. The van der Waals surface area contributed by atoms with Gasteiger partial charge in [-0.2, -0.15) is 0 Å². The van der Waals surface area contributed by atoms with Crippen LogP contribution < -0.4 is 10.1 Å². The molecule has 0 unspecified atom stereocenters. The van der Waals surface area contributed by atoms with Crippen LogP contribution in [0, 0.1) is 0 Å². The van der Waals surface area contributed by atoms with Crippen LogP contribution in [-0.4, -0.2) is 24.1 Å². The monoisotopic (exact) mass is 297 g/mol. The van der Waals surface area contributed by atoms with Gasteiger partial charge in [-0.25, -0.2) is 9.97 Å². The van der Waals surface area contributed by atoms with Crippen LogP contribution in [0.25, 0.3) is 22.4 Å². The predicted octanol–water partition coefficient (Wildman–Crippen LogP) is 3.92. The summed E-state index contributed by atoms with van der Waals surface area (Å²) >= 11 is 1.60. The van der Waals surface area contributed by atoms with E-state index in [0.717, 1.165) is 27.5 Å². The van der Waals surface area contributed by atoms with Crippen LogP contribution in [0.1, 0.15) is 0 Å². The minimum absolute atomic E-state index is 0.613. The molecule has 3 rings (SSSR count). The number of ether oxygens (including phenoxy) is 1. The van der Waals surface area contributed by atoms with Crippen LogP contribution in [0.4, 0.5) is 5.13 Å². The van der Waals surface area contributed by atoms with Gasteiger partial charge in [0.05, 0.1) is 12.8 Å². The third-order valence-corrected chi connectivity index (χ3v) is 4.04. The van der Waals surface area contributed by atoms with Crippen LogP contribution in [-0.2, 0) is 0 Å². The Morgan fingerprint density at radius 3 is 2.52 bits per heavy atom. The third kappa shape index (κ3) is 2.73. The first kappa shape index (κ1) is 13.6. The molecule has 0 saturated heterocycles. The largest absolute Gasteiger partial charge is 0.481 e. The Bertz CT molecular complexity index is 737. The van der Waals surface area contributed by atoms with Crippen LogP contribution in [0.3, 0.4) is 0 Å². The van der Waals surface area contributed by atoms with Crippen LogP contribution in [0.15, 0.2) is 48.0 Å². The van der Waals surface area contributed by atoms with E-state index >= 15 is 0 Å². The Morgan fingerprint density at radius 2 is 1.90 bits per heavy atom. The molecule has 1 aromatic carbocycles. The molecule has 0 aliphatic carbocycles. The maximum Gasteiger partial charge on any atom is 0.212 e. The molecule has 1 N–H and O–H groups in total. The van der Waals surface area contributed by atoms with E-state index in [2.05, 4.69) is 32.8 Å². The number of nitrogens with one attached hydrogen (secondary N) is 1. The molecule has 21 heavy (non-hydrogen) atoms. The van der Waals surface area contributed by atoms with Crippen molar-refractivity contribution in [1.82, 2.24) is 9.97 Å². The Labute approximate surface area is 127 Å². The smallest absolute Gasteiger partial charge is 0.212 e. The fourth-order valence-electron chi connectivity index (χ4n) is 2.13. The molecule has 3 aromatic rings. The number of anilines is 1. The Kier molecular flexibility index (Phi) is 3.83. The van der Waals surface area contributed by atoms with Gasteiger partial charge in [0.25, 0.3) is 0 Å². The van der Waals surface area contributed by atoms with E-state index in [1.165, 1.54) is 0 Å². The number of aromatic nitrogens is 2. The van der Waals surface area contributed by atoms with E-state index in [-0.39, 0.29) is 0 Å². The quantitative estimate of drug-likeness (QED) is 0.793. The number of benzene rings is 1. The summed E-state index contributed by atoms with van der Waals surface area (Å²) in [5, 5.41) is 6.04. The van der Waals surface area contributed by atoms with Crippen molar-refractivity contribution in [2.75, 3.05) is 19.5 Å². The van der Waals surface area contributed by atoms with Crippen molar-refractivity contribution in [2.24, 2.45) is 0 Å². The number of thiazole rings is 1. The molecule has 0 spiro atoms. The maximum absolute atomic E-state index is 5.11. The summed E-state index contributed by atoms with van der Waals surface area (Å²) in [4.78, 5) is 8.86. The summed E-state index contributed by atoms with van der Waals surface area (Å²) in [7, 11) is 3.49. The highest BCUT2D eigenvalue weighted by molar-refractivity contribution is 7.14. The first-order valence-corrected chi connectivity index (χ1v) is 7.43. The average molecular weight is 297 g/mol. The minimum atomic E-state index is 0.613. The summed E-state index contributed by atoms with van der Waals surface area (Å²) in [5.74, 6) is 0.613. The van der Waals surface area contributed by atoms with E-state index in [0.29, 0.717) is 5.88 Å². The van der Waals surface area contributed by atoms with E-state index in [9.17, 15) is 0 Å². The fraction of sp³-hybridized carbons (Fsp3) is 0.125. The minimum Gasteiger partial charge on any atom is -0.481 e. The third-order valence-electron chi connectivity index (χ3n) is 3.18. The first-order valence-electron chi connectivity index (χ1n) is 6.55. The molecule has 106 valence electrons. The highest BCUT2D eigenvalue weighted by Gasteiger charge is 2.10. The first-order chi connectivity index (χ1) is 10.3. The van der Waals surface area contributed by atoms with Gasteiger partial charge in [-0.15, -0.1) is 11.3 Å². The summed E-state index contributed by atoms with van der Waals surface area (Å²) in [6, 6.07) is 12.1. The second-order valence-electron chi connectivity index (χ2n) is 4.42. The Hall–Kier alpha value is -2.40. The van der Waals surface area contributed by atoms with Gasteiger partial charge in [-0.05, 0) is 11.6 Å². The SMILES string of the molecule is CNc1nc(-c2ccccc2-c2ccc(OC)nc2)cs1. The topological polar surface area (TPSA) is 47.0 Å². The summed E-state index contributed by atoms with van der Waals surface area (Å²) in [6.45, 7) is 0. The second kappa shape index (κ2) is 5.93. The lowest BCUT2D eigenvalue weighted by molar-refractivity contribution is 0.398. The van der Waals surface area contributed by atoms with E-state index < -0.39 is 0 Å². The molecule has 0 radical (unpaired) electrons. The number of hydrogen-bond donors (Lipinski definition) is 1. The molecule has 5 heteroatoms. The molecule has 2 heterocycles. The Balaban J connectivity index is 2.06. The zero-order valence-electron chi connectivity index (χ0n) is 11.8. The molecule has 0 amide bonds. The number of rotatable bonds is 4. The molecular weight excluding hydrogens is 282 g/mol. The van der Waals surface area contributed by atoms with Gasteiger partial charge >= 0.3 is 0 Å². The number of methoxy groups -OCH3 is 1. The lowest BCUT2D eigenvalue weighted by Gasteiger charge is -2.08. The van der Waals surface area contributed by atoms with Crippen LogP contribution in [0.5, 0.6) is 5.88 Å². The van der Waals surface area contributed by atoms with Gasteiger partial charge in [0, 0.05) is 35.8 Å². The zero-order chi connectivity index (χ0) is 14.7. The highest BCUT2D eigenvalue weighted by Crippen LogP contribution is 2.33. The van der Waals surface area contributed by atoms with Crippen LogP contribution in [0.2, 0.25) is 0 Å². The number of hydrogen-bond acceptors (Lipinski definition) is 5. The van der Waals surface area contributed by atoms with Crippen molar-refractivity contribution < 1.29 is 4.74 Å². The number of nitrogens with zero attached hydrogens (tertiary/aromatic N) is 2. The van der Waals surface area contributed by atoms with Crippen LogP contribution >= 0.6 is 11.3 Å². The standard InChI is InChI=1S/C16H15N3OS/c1-17-16-19-14(10-21-16)13-6-4-3-5-12(13)11-7-8-15(20-2)18-9-11/h3-10H,1-2H3,(H,17,19). The molecular formula is C16H15N3OS. The van der Waals surface area contributed by atoms with Gasteiger partial charge in [0.2, 0.25) is 5.88 Å². The highest BCUT2D eigenvalue weighted by atomic mass is 32.1. The molecule has 0 bridgehead atoms. The molecule has 0 atom stereocenters. The average Bonchev–Trinajstić information content (AvgIpc) is 3.04. The van der Waals surface area contributed by atoms with Gasteiger partial charge in [-0.3, -0.25) is 0 Å². The summed E-state index contributed by atoms with van der Waals surface area (Å²) < 4.78 is 5.11. The van der Waals surface area contributed by atoms with E-state index in [1.807, 2.05) is 37.5 Å². The van der Waals surface area contributed by atoms with Gasteiger partial charge < -0.3 is 10.1 Å².